The van der Waals surface area contributed by atoms with Crippen molar-refractivity contribution in [2.45, 2.75) is 53.4 Å². The summed E-state index contributed by atoms with van der Waals surface area (Å²) < 4.78 is 0. The Morgan fingerprint density at radius 1 is 1.16 bits per heavy atom. The molecule has 2 nitrogen and oxygen atoms in total. The topological polar surface area (TPSA) is 44.1 Å². The van der Waals surface area contributed by atoms with Gasteiger partial charge in [-0.1, -0.05) is 37.6 Å². The molecule has 0 aliphatic heterocycles. The summed E-state index contributed by atoms with van der Waals surface area (Å²) in [5, 5.41) is 19.4. The molecule has 1 aromatic rings. The largest absolute Gasteiger partial charge is 0.508 e. The van der Waals surface area contributed by atoms with Gasteiger partial charge in [-0.05, 0) is 85.8 Å². The molecule has 0 bridgehead atoms. The van der Waals surface area contributed by atoms with Gasteiger partial charge in [0.25, 0.3) is 0 Å². The van der Waals surface area contributed by atoms with E-state index in [0.717, 1.165) is 37.0 Å². The molecule has 1 rings (SSSR count). The Morgan fingerprint density at radius 3 is 2.40 bits per heavy atom. The highest BCUT2D eigenvalue weighted by atomic mass is 32.1. The molecule has 1 unspecified atom stereocenters. The van der Waals surface area contributed by atoms with Crippen LogP contribution in [0.1, 0.15) is 52.5 Å². The van der Waals surface area contributed by atoms with E-state index in [1.165, 1.54) is 16.7 Å². The Bertz CT molecular complexity index is 653. The summed E-state index contributed by atoms with van der Waals surface area (Å²) in [6.45, 7) is 8.37. The zero-order valence-electron chi connectivity index (χ0n) is 15.8. The molecule has 0 spiro atoms. The number of phenolic OH excluding ortho intramolecular Hbond substituents is 1. The molecule has 0 amide bonds. The third kappa shape index (κ3) is 8.26. The second-order valence-corrected chi connectivity index (χ2v) is 7.15. The van der Waals surface area contributed by atoms with Gasteiger partial charge >= 0.3 is 0 Å². The van der Waals surface area contributed by atoms with Crippen LogP contribution in [0.4, 0.5) is 0 Å². The number of hydrogen-bond donors (Lipinski definition) is 3. The predicted octanol–water partition coefficient (Wildman–Crippen LogP) is 6.49. The molecular weight excluding hydrogens is 326 g/mol. The first kappa shape index (κ1) is 21.3. The second kappa shape index (κ2) is 11.0. The van der Waals surface area contributed by atoms with Crippen molar-refractivity contribution in [1.29, 1.82) is 5.41 Å². The molecule has 136 valence electrons. The Hall–Kier alpha value is -1.74. The highest BCUT2D eigenvalue weighted by Crippen LogP contribution is 2.18. The van der Waals surface area contributed by atoms with Crippen LogP contribution in [0.2, 0.25) is 0 Å². The van der Waals surface area contributed by atoms with Crippen molar-refractivity contribution < 1.29 is 5.11 Å². The first-order valence-corrected chi connectivity index (χ1v) is 9.37. The van der Waals surface area contributed by atoms with E-state index in [0.29, 0.717) is 11.7 Å². The number of allylic oxidation sites excluding steroid dienone is 5. The smallest absolute Gasteiger partial charge is 0.115 e. The number of benzene rings is 1. The predicted molar refractivity (Wildman–Crippen MR) is 113 cm³/mol. The lowest BCUT2D eigenvalue weighted by atomic mass is 9.93. The van der Waals surface area contributed by atoms with Gasteiger partial charge in [0.2, 0.25) is 0 Å². The van der Waals surface area contributed by atoms with E-state index in [9.17, 15) is 5.11 Å². The van der Waals surface area contributed by atoms with Crippen molar-refractivity contribution in [3.05, 3.63) is 64.1 Å². The zero-order valence-corrected chi connectivity index (χ0v) is 16.7. The highest BCUT2D eigenvalue weighted by Gasteiger charge is 2.08. The van der Waals surface area contributed by atoms with E-state index in [1.807, 2.05) is 25.1 Å². The lowest BCUT2D eigenvalue weighted by Gasteiger charge is -2.13. The fourth-order valence-corrected chi connectivity index (χ4v) is 2.92. The summed E-state index contributed by atoms with van der Waals surface area (Å²) in [5.74, 6) is 0.813. The van der Waals surface area contributed by atoms with Gasteiger partial charge in [-0.25, -0.2) is 0 Å². The lowest BCUT2D eigenvalue weighted by molar-refractivity contribution is 0.475. The average Bonchev–Trinajstić information content (AvgIpc) is 2.56. The molecule has 0 fully saturated rings. The number of phenols is 1. The van der Waals surface area contributed by atoms with Crippen molar-refractivity contribution in [3.63, 3.8) is 0 Å². The molecule has 0 aliphatic rings. The van der Waals surface area contributed by atoms with Crippen LogP contribution in [0, 0.1) is 11.3 Å². The maximum Gasteiger partial charge on any atom is 0.115 e. The van der Waals surface area contributed by atoms with Crippen LogP contribution in [-0.2, 0) is 6.42 Å². The molecule has 0 heterocycles. The highest BCUT2D eigenvalue weighted by molar-refractivity contribution is 7.83. The SMILES string of the molecule is C\C(=C/C(C)=C(C)/C=C\S)C(=N)CC(C)CCCc1ccc(O)cc1. The maximum atomic E-state index is 9.31. The minimum atomic E-state index is 0.317. The van der Waals surface area contributed by atoms with Crippen LogP contribution in [0.5, 0.6) is 5.75 Å². The van der Waals surface area contributed by atoms with Gasteiger partial charge in [0, 0.05) is 5.71 Å². The van der Waals surface area contributed by atoms with Crippen LogP contribution in [0.15, 0.2) is 58.5 Å². The molecule has 1 aromatic carbocycles. The first-order valence-electron chi connectivity index (χ1n) is 8.85. The molecule has 0 aliphatic carbocycles. The Morgan fingerprint density at radius 2 is 1.80 bits per heavy atom. The summed E-state index contributed by atoms with van der Waals surface area (Å²) in [6.07, 6.45) is 8.10. The molecule has 25 heavy (non-hydrogen) atoms. The minimum absolute atomic E-state index is 0.317. The van der Waals surface area contributed by atoms with E-state index in [-0.39, 0.29) is 0 Å². The van der Waals surface area contributed by atoms with E-state index in [2.05, 4.69) is 39.5 Å². The average molecular weight is 358 g/mol. The van der Waals surface area contributed by atoms with Crippen LogP contribution in [0.3, 0.4) is 0 Å². The van der Waals surface area contributed by atoms with E-state index >= 15 is 0 Å². The van der Waals surface area contributed by atoms with Crippen LogP contribution < -0.4 is 0 Å². The van der Waals surface area contributed by atoms with Crippen molar-refractivity contribution >= 4 is 18.3 Å². The van der Waals surface area contributed by atoms with Gasteiger partial charge in [0.1, 0.15) is 5.75 Å². The van der Waals surface area contributed by atoms with Gasteiger partial charge in [-0.2, -0.15) is 12.6 Å². The Labute approximate surface area is 158 Å². The third-order valence-electron chi connectivity index (χ3n) is 4.51. The molecular formula is C22H31NOS. The van der Waals surface area contributed by atoms with E-state index < -0.39 is 0 Å². The lowest BCUT2D eigenvalue weighted by Crippen LogP contribution is -2.06. The van der Waals surface area contributed by atoms with Gasteiger partial charge in [0.05, 0.1) is 0 Å². The monoisotopic (exact) mass is 357 g/mol. The maximum absolute atomic E-state index is 9.31. The fraction of sp³-hybridized carbons (Fsp3) is 0.409. The van der Waals surface area contributed by atoms with Crippen molar-refractivity contribution in [2.75, 3.05) is 0 Å². The molecule has 0 saturated heterocycles. The van der Waals surface area contributed by atoms with Gasteiger partial charge < -0.3 is 10.5 Å². The number of rotatable bonds is 9. The Balaban J connectivity index is 2.47. The summed E-state index contributed by atoms with van der Waals surface area (Å²) in [5.41, 5.74) is 5.36. The molecule has 3 heteroatoms. The van der Waals surface area contributed by atoms with Crippen molar-refractivity contribution in [3.8, 4) is 5.75 Å². The molecule has 0 radical (unpaired) electrons. The van der Waals surface area contributed by atoms with Gasteiger partial charge in [-0.3, -0.25) is 0 Å². The standard InChI is InChI=1S/C22H31NOS/c1-16(6-5-7-20-8-10-21(24)11-9-20)14-22(23)19(4)15-18(3)17(2)12-13-25/h8-13,15-16,23-25H,5-7,14H2,1-4H3/b13-12-,18-17+,19-15+,23-22?. The van der Waals surface area contributed by atoms with E-state index in [1.54, 1.807) is 17.5 Å². The van der Waals surface area contributed by atoms with Crippen molar-refractivity contribution in [2.24, 2.45) is 5.92 Å². The molecule has 1 atom stereocenters. The summed E-state index contributed by atoms with van der Waals surface area (Å²) in [7, 11) is 0. The Kier molecular flexibility index (Phi) is 9.36. The summed E-state index contributed by atoms with van der Waals surface area (Å²) in [6, 6.07) is 7.43. The van der Waals surface area contributed by atoms with Gasteiger partial charge in [-0.15, -0.1) is 0 Å². The summed E-state index contributed by atoms with van der Waals surface area (Å²) >= 11 is 4.10. The van der Waals surface area contributed by atoms with E-state index in [4.69, 9.17) is 5.41 Å². The van der Waals surface area contributed by atoms with Crippen molar-refractivity contribution in [1.82, 2.24) is 0 Å². The zero-order chi connectivity index (χ0) is 18.8. The van der Waals surface area contributed by atoms with Gasteiger partial charge in [0.15, 0.2) is 0 Å². The number of aryl methyl sites for hydroxylation is 1. The van der Waals surface area contributed by atoms with Crippen LogP contribution in [-0.4, -0.2) is 10.8 Å². The number of hydrogen-bond acceptors (Lipinski definition) is 3. The third-order valence-corrected chi connectivity index (χ3v) is 4.66. The van der Waals surface area contributed by atoms with Crippen LogP contribution in [0.25, 0.3) is 0 Å². The minimum Gasteiger partial charge on any atom is -0.508 e. The number of thiol groups is 1. The molecule has 0 saturated carbocycles. The quantitative estimate of drug-likeness (QED) is 0.264. The van der Waals surface area contributed by atoms with Crippen LogP contribution >= 0.6 is 12.6 Å². The number of aromatic hydroxyl groups is 1. The fourth-order valence-electron chi connectivity index (χ4n) is 2.70. The molecule has 2 N–H and O–H groups in total. The second-order valence-electron chi connectivity index (χ2n) is 6.86. The normalized spacial score (nSPS) is 14.5. The molecule has 0 aromatic heterocycles. The summed E-state index contributed by atoms with van der Waals surface area (Å²) in [4.78, 5) is 0. The first-order chi connectivity index (χ1) is 11.8. The number of nitrogens with one attached hydrogen (secondary N) is 1.